The molecule has 0 saturated carbocycles. The number of pyridine rings is 1. The number of phenols is 1. The Bertz CT molecular complexity index is 1180. The van der Waals surface area contributed by atoms with Gasteiger partial charge in [-0.3, -0.25) is 15.0 Å². The topological polar surface area (TPSA) is 116 Å². The molecule has 0 spiro atoms. The van der Waals surface area contributed by atoms with Crippen LogP contribution in [0.15, 0.2) is 12.1 Å². The Hall–Kier alpha value is -3.42. The number of amides is 1. The molecule has 0 radical (unpaired) electrons. The van der Waals surface area contributed by atoms with E-state index in [1.165, 1.54) is 0 Å². The maximum atomic E-state index is 13.4. The Balaban J connectivity index is 1.91. The second-order valence-corrected chi connectivity index (χ2v) is 9.95. The lowest BCUT2D eigenvalue weighted by atomic mass is 9.83. The van der Waals surface area contributed by atoms with Gasteiger partial charge in [-0.15, -0.1) is 0 Å². The van der Waals surface area contributed by atoms with Crippen LogP contribution in [0.5, 0.6) is 11.5 Å². The second-order valence-electron chi connectivity index (χ2n) is 9.95. The number of aryl methyl sites for hydroxylation is 1. The van der Waals surface area contributed by atoms with Crippen LogP contribution in [0, 0.1) is 19.3 Å². The molecule has 2 aromatic rings. The van der Waals surface area contributed by atoms with Gasteiger partial charge in [0.2, 0.25) is 5.91 Å². The van der Waals surface area contributed by atoms with Crippen LogP contribution in [0.3, 0.4) is 0 Å². The van der Waals surface area contributed by atoms with Crippen molar-refractivity contribution in [3.05, 3.63) is 51.3 Å². The zero-order valence-electron chi connectivity index (χ0n) is 21.8. The highest BCUT2D eigenvalue weighted by Crippen LogP contribution is 2.36. The first-order valence-corrected chi connectivity index (χ1v) is 12.0. The molecular formula is C27H36N4O4. The third kappa shape index (κ3) is 5.31. The lowest BCUT2D eigenvalue weighted by Gasteiger charge is -2.24. The molecule has 1 aromatic heterocycles. The van der Waals surface area contributed by atoms with Crippen molar-refractivity contribution in [1.29, 1.82) is 5.41 Å². The molecule has 0 bridgehead atoms. The van der Waals surface area contributed by atoms with Crippen molar-refractivity contribution in [3.8, 4) is 11.5 Å². The van der Waals surface area contributed by atoms with Crippen LogP contribution in [0.4, 0.5) is 0 Å². The smallest absolute Gasteiger partial charge is 0.219 e. The summed E-state index contributed by atoms with van der Waals surface area (Å²) in [4.78, 5) is 31.5. The maximum absolute atomic E-state index is 13.4. The van der Waals surface area contributed by atoms with Gasteiger partial charge >= 0.3 is 0 Å². The number of rotatable bonds is 8. The Morgan fingerprint density at radius 2 is 1.91 bits per heavy atom. The first kappa shape index (κ1) is 26.2. The summed E-state index contributed by atoms with van der Waals surface area (Å²) in [6, 6.07) is 3.35. The summed E-state index contributed by atoms with van der Waals surface area (Å²) in [5.41, 5.74) is 4.33. The number of aromatic hydroxyl groups is 1. The van der Waals surface area contributed by atoms with E-state index in [1.54, 1.807) is 24.0 Å². The molecule has 35 heavy (non-hydrogen) atoms. The SMILES string of the molecule is CCOc1c(C)nc2c(c1C)CN(CC(=O)c1cc(CNC(=O)CC)c(O)c(C(C)(C)C)c1)C2=N. The first-order chi connectivity index (χ1) is 16.4. The number of phenolic OH excluding ortho intramolecular Hbond substituents is 1. The van der Waals surface area contributed by atoms with Gasteiger partial charge in [-0.25, -0.2) is 4.98 Å². The van der Waals surface area contributed by atoms with E-state index in [2.05, 4.69) is 10.3 Å². The van der Waals surface area contributed by atoms with Gasteiger partial charge in [0, 0.05) is 47.3 Å². The molecule has 1 amide bonds. The van der Waals surface area contributed by atoms with Crippen LogP contribution in [-0.2, 0) is 23.3 Å². The first-order valence-electron chi connectivity index (χ1n) is 12.0. The number of nitrogens with one attached hydrogen (secondary N) is 2. The Morgan fingerprint density at radius 3 is 2.51 bits per heavy atom. The molecule has 0 atom stereocenters. The maximum Gasteiger partial charge on any atom is 0.219 e. The predicted molar refractivity (Wildman–Crippen MR) is 135 cm³/mol. The van der Waals surface area contributed by atoms with Crippen molar-refractivity contribution in [2.24, 2.45) is 0 Å². The van der Waals surface area contributed by atoms with Crippen LogP contribution in [0.2, 0.25) is 0 Å². The van der Waals surface area contributed by atoms with Gasteiger partial charge in [-0.2, -0.15) is 0 Å². The summed E-state index contributed by atoms with van der Waals surface area (Å²) in [5.74, 6) is 0.736. The molecule has 3 rings (SSSR count). The Kier molecular flexibility index (Phi) is 7.53. The summed E-state index contributed by atoms with van der Waals surface area (Å²) in [6.45, 7) is 14.5. The minimum absolute atomic E-state index is 0.00671. The minimum atomic E-state index is -0.408. The third-order valence-electron chi connectivity index (χ3n) is 6.32. The average molecular weight is 481 g/mol. The highest BCUT2D eigenvalue weighted by molar-refractivity contribution is 6.04. The molecule has 188 valence electrons. The van der Waals surface area contributed by atoms with Crippen LogP contribution in [0.25, 0.3) is 0 Å². The van der Waals surface area contributed by atoms with E-state index in [4.69, 9.17) is 10.1 Å². The summed E-state index contributed by atoms with van der Waals surface area (Å²) in [5, 5.41) is 22.3. The van der Waals surface area contributed by atoms with Gasteiger partial charge in [-0.05, 0) is 38.3 Å². The van der Waals surface area contributed by atoms with Gasteiger partial charge in [0.15, 0.2) is 5.78 Å². The van der Waals surface area contributed by atoms with E-state index in [0.29, 0.717) is 42.0 Å². The molecule has 0 saturated heterocycles. The molecule has 8 heteroatoms. The molecule has 1 aromatic carbocycles. The van der Waals surface area contributed by atoms with Crippen molar-refractivity contribution >= 4 is 17.5 Å². The Labute approximate surface area is 207 Å². The number of nitrogens with zero attached hydrogens (tertiary/aromatic N) is 2. The monoisotopic (exact) mass is 480 g/mol. The highest BCUT2D eigenvalue weighted by Gasteiger charge is 2.32. The van der Waals surface area contributed by atoms with Crippen molar-refractivity contribution < 1.29 is 19.4 Å². The van der Waals surface area contributed by atoms with Crippen molar-refractivity contribution in [2.45, 2.75) is 73.4 Å². The fraction of sp³-hybridized carbons (Fsp3) is 0.481. The molecule has 0 aliphatic carbocycles. The second kappa shape index (κ2) is 10.1. The van der Waals surface area contributed by atoms with E-state index in [0.717, 1.165) is 22.6 Å². The fourth-order valence-corrected chi connectivity index (χ4v) is 4.32. The molecule has 1 aliphatic rings. The molecule has 1 aliphatic heterocycles. The summed E-state index contributed by atoms with van der Waals surface area (Å²) in [6.07, 6.45) is 0.334. The summed E-state index contributed by atoms with van der Waals surface area (Å²) >= 11 is 0. The molecule has 3 N–H and O–H groups in total. The predicted octanol–water partition coefficient (Wildman–Crippen LogP) is 4.15. The van der Waals surface area contributed by atoms with Gasteiger partial charge < -0.3 is 20.1 Å². The lowest BCUT2D eigenvalue weighted by Crippen LogP contribution is -2.31. The fourth-order valence-electron chi connectivity index (χ4n) is 4.32. The number of carbonyl (C=O) groups excluding carboxylic acids is 2. The average Bonchev–Trinajstić information content (AvgIpc) is 3.10. The quantitative estimate of drug-likeness (QED) is 0.489. The standard InChI is InChI=1S/C27H36N4O4/c1-8-22(33)29-12-18-10-17(11-20(24(18)34)27(5,6)7)21(32)14-31-13-19-15(3)25(35-9-2)16(4)30-23(19)26(31)28/h10-11,28,34H,8-9,12-14H2,1-7H3,(H,29,33). The van der Waals surface area contributed by atoms with Crippen molar-refractivity contribution in [1.82, 2.24) is 15.2 Å². The summed E-state index contributed by atoms with van der Waals surface area (Å²) in [7, 11) is 0. The number of hydrogen-bond donors (Lipinski definition) is 3. The van der Waals surface area contributed by atoms with Gasteiger partial charge in [0.1, 0.15) is 23.0 Å². The highest BCUT2D eigenvalue weighted by atomic mass is 16.5. The van der Waals surface area contributed by atoms with Crippen LogP contribution < -0.4 is 10.1 Å². The number of Topliss-reactive ketones (excluding diaryl/α,β-unsaturated/α-hetero) is 1. The number of ketones is 1. The minimum Gasteiger partial charge on any atom is -0.507 e. The van der Waals surface area contributed by atoms with Crippen molar-refractivity contribution in [3.63, 3.8) is 0 Å². The van der Waals surface area contributed by atoms with Gasteiger partial charge in [0.05, 0.1) is 18.8 Å². The molecule has 2 heterocycles. The molecule has 0 fully saturated rings. The zero-order valence-corrected chi connectivity index (χ0v) is 21.8. The van der Waals surface area contributed by atoms with Crippen LogP contribution in [-0.4, -0.2) is 45.7 Å². The number of carbonyl (C=O) groups is 2. The van der Waals surface area contributed by atoms with E-state index >= 15 is 0 Å². The number of benzene rings is 1. The summed E-state index contributed by atoms with van der Waals surface area (Å²) < 4.78 is 5.76. The normalized spacial score (nSPS) is 13.1. The molecular weight excluding hydrogens is 444 g/mol. The Morgan fingerprint density at radius 1 is 1.23 bits per heavy atom. The van der Waals surface area contributed by atoms with E-state index in [-0.39, 0.29) is 36.4 Å². The zero-order chi connectivity index (χ0) is 26.1. The van der Waals surface area contributed by atoms with Gasteiger partial charge in [0.25, 0.3) is 0 Å². The van der Waals surface area contributed by atoms with Crippen LogP contribution in [0.1, 0.15) is 85.0 Å². The number of ether oxygens (including phenoxy) is 1. The van der Waals surface area contributed by atoms with Crippen LogP contribution >= 0.6 is 0 Å². The lowest BCUT2D eigenvalue weighted by molar-refractivity contribution is -0.120. The van der Waals surface area contributed by atoms with E-state index in [1.807, 2.05) is 41.5 Å². The third-order valence-corrected chi connectivity index (χ3v) is 6.32. The van der Waals surface area contributed by atoms with Crippen molar-refractivity contribution in [2.75, 3.05) is 13.2 Å². The van der Waals surface area contributed by atoms with E-state index in [9.17, 15) is 14.7 Å². The number of aromatic nitrogens is 1. The number of amidine groups is 1. The largest absolute Gasteiger partial charge is 0.507 e. The van der Waals surface area contributed by atoms with E-state index < -0.39 is 5.41 Å². The number of hydrogen-bond acceptors (Lipinski definition) is 6. The molecule has 0 unspecified atom stereocenters. The number of fused-ring (bicyclic) bond motifs is 1. The van der Waals surface area contributed by atoms with Gasteiger partial charge in [-0.1, -0.05) is 27.7 Å². The molecule has 8 nitrogen and oxygen atoms in total.